The zero-order valence-electron chi connectivity index (χ0n) is 59.4. The van der Waals surface area contributed by atoms with Crippen LogP contribution in [0, 0.1) is 0 Å². The number of hydrogen-bond acceptors (Lipinski definition) is 4. The molecule has 15 aromatic carbocycles. The first-order chi connectivity index (χ1) is 53.5. The topological polar surface area (TPSA) is 26.3 Å². The second kappa shape index (κ2) is 26.1. The molecule has 0 spiro atoms. The Hall–Kier alpha value is -12.7. The first-order valence-corrected chi connectivity index (χ1v) is 39.2. The fourth-order valence-electron chi connectivity index (χ4n) is 18.1. The number of rotatable bonds is 11. The molecule has 2 aliphatic carbocycles. The van der Waals surface area contributed by atoms with Crippen LogP contribution in [-0.4, -0.2) is 0 Å². The van der Waals surface area contributed by atoms with E-state index in [1.807, 2.05) is 28.7 Å². The third-order valence-electron chi connectivity index (χ3n) is 23.0. The highest BCUT2D eigenvalue weighted by Crippen LogP contribution is 2.49. The van der Waals surface area contributed by atoms with Crippen LogP contribution in [-0.2, 0) is 6.42 Å². The van der Waals surface area contributed by atoms with Crippen molar-refractivity contribution in [2.24, 2.45) is 0 Å². The molecule has 2 aliphatic rings. The second-order valence-corrected chi connectivity index (χ2v) is 31.0. The molecule has 0 N–H and O–H groups in total. The summed E-state index contributed by atoms with van der Waals surface area (Å²) < 4.78 is 19.0. The van der Waals surface area contributed by atoms with E-state index in [0.717, 1.165) is 87.3 Å². The first kappa shape index (κ1) is 63.7. The molecule has 0 saturated heterocycles. The normalized spacial score (nSPS) is 14.2. The fraction of sp³-hybridized carbons (Fsp3) is 0.0577. The number of thiophene rings is 2. The Balaban J connectivity index is 0.678. The van der Waals surface area contributed by atoms with Crippen molar-refractivity contribution in [1.29, 1.82) is 0 Å². The van der Waals surface area contributed by atoms with Crippen LogP contribution in [0.5, 0.6) is 0 Å². The van der Waals surface area contributed by atoms with Crippen LogP contribution >= 0.6 is 22.7 Å². The molecule has 0 aliphatic heterocycles. The van der Waals surface area contributed by atoms with Gasteiger partial charge in [-0.15, -0.1) is 22.7 Å². The van der Waals surface area contributed by atoms with Crippen molar-refractivity contribution >= 4 is 192 Å². The minimum atomic E-state index is 0.157. The SMILES string of the molecule is C=Cc1ccccc1C(=C)c1ccccccc(C2=CC(C/C=c3\c(=C/Cc4cccc5c(-c6c7ccccc7c(-c7cccc(C8C=c9c(oc%10c9c9ccccc9c9sc%11ccccc%11c%109)=CC8)c7)c7ccccc67)cccc45)sc4c5oc6ccccc6c5c5ccccc5c34)=CCC2)c2ccccc12. The highest BCUT2D eigenvalue weighted by molar-refractivity contribution is 7.27. The summed E-state index contributed by atoms with van der Waals surface area (Å²) in [6.07, 6.45) is 20.9. The van der Waals surface area contributed by atoms with Crippen LogP contribution in [0.4, 0.5) is 0 Å². The van der Waals surface area contributed by atoms with Gasteiger partial charge < -0.3 is 8.83 Å². The molecular formula is C104H70O2S2. The van der Waals surface area contributed by atoms with Gasteiger partial charge in [-0.2, -0.15) is 0 Å². The van der Waals surface area contributed by atoms with Gasteiger partial charge in [-0.1, -0.05) is 329 Å². The molecule has 0 bridgehead atoms. The van der Waals surface area contributed by atoms with Crippen molar-refractivity contribution in [2.45, 2.75) is 38.0 Å². The van der Waals surface area contributed by atoms with E-state index < -0.39 is 0 Å². The average Bonchev–Trinajstić information content (AvgIpc) is 1.41. The predicted octanol–water partition coefficient (Wildman–Crippen LogP) is 26.7. The Morgan fingerprint density at radius 1 is 0.435 bits per heavy atom. The summed E-state index contributed by atoms with van der Waals surface area (Å²) in [5.74, 6) is 0.157. The number of allylic oxidation sites excluding steroid dienone is 4. The number of benzene rings is 14. The zero-order valence-corrected chi connectivity index (χ0v) is 61.0. The van der Waals surface area contributed by atoms with Gasteiger partial charge >= 0.3 is 0 Å². The van der Waals surface area contributed by atoms with E-state index in [0.29, 0.717) is 0 Å². The third kappa shape index (κ3) is 10.3. The van der Waals surface area contributed by atoms with Crippen molar-refractivity contribution in [3.63, 3.8) is 0 Å². The molecule has 2 nitrogen and oxygen atoms in total. The quantitative estimate of drug-likeness (QED) is 0.121. The monoisotopic (exact) mass is 1410 g/mol. The van der Waals surface area contributed by atoms with E-state index in [1.165, 1.54) is 165 Å². The third-order valence-corrected chi connectivity index (χ3v) is 25.4. The van der Waals surface area contributed by atoms with Crippen LogP contribution in [0.25, 0.3) is 192 Å². The summed E-state index contributed by atoms with van der Waals surface area (Å²) in [7, 11) is 0. The molecule has 4 heterocycles. The van der Waals surface area contributed by atoms with Crippen LogP contribution in [0.15, 0.2) is 331 Å². The molecule has 1 atom stereocenters. The van der Waals surface area contributed by atoms with Crippen molar-refractivity contribution in [3.05, 3.63) is 376 Å². The predicted molar refractivity (Wildman–Crippen MR) is 467 cm³/mol. The maximum atomic E-state index is 7.02. The Morgan fingerprint density at radius 3 is 1.83 bits per heavy atom. The number of para-hydroxylation sites is 1. The van der Waals surface area contributed by atoms with Crippen molar-refractivity contribution in [3.8, 4) is 22.3 Å². The van der Waals surface area contributed by atoms with Gasteiger partial charge in [0.2, 0.25) is 0 Å². The maximum absolute atomic E-state index is 7.02. The minimum absolute atomic E-state index is 0.157. The largest absolute Gasteiger partial charge is 0.456 e. The summed E-state index contributed by atoms with van der Waals surface area (Å²) >= 11 is 3.74. The highest BCUT2D eigenvalue weighted by atomic mass is 32.1. The standard InChI is InChI=1S/C104H70O2S2/c1-3-65-29-8-9-34-71(65)63(2)72-35-6-4-5-7-36-74(76-38-11-10-37-75(72)76)69-32-24-28-64(60-69)54-57-89-94(108-104-99(89)84-44-17-16-43-83(84)97-87-47-20-22-52-91(87)106-102(97)104)59-56-66-30-26-50-77-73(66)49-27-51-78(77)96-81-41-14-12-39-79(81)95(80-40-13-15-42-82(80)96)70-33-25-31-67(61-70)68-55-58-92-90(62-68)98-85-45-18-19-46-86(85)103-100(101(98)105-92)88-48-21-23-53-93(88)107-103/h3-23,25-31,33-53,57-62,68H,1-2,24,32,54-56H2/b5-4?,6-4?,7-5?,35-6?,36-7?,72-35?,74-36?,75-72?,76-74?,89-57+,94-59+. The van der Waals surface area contributed by atoms with Gasteiger partial charge in [0.25, 0.3) is 0 Å². The van der Waals surface area contributed by atoms with Gasteiger partial charge in [-0.25, -0.2) is 0 Å². The van der Waals surface area contributed by atoms with Gasteiger partial charge in [0, 0.05) is 62.8 Å². The molecule has 19 aromatic rings. The molecule has 4 heteroatoms. The van der Waals surface area contributed by atoms with Crippen LogP contribution in [0.1, 0.15) is 65.0 Å². The van der Waals surface area contributed by atoms with E-state index in [9.17, 15) is 0 Å². The molecule has 0 amide bonds. The maximum Gasteiger partial charge on any atom is 0.153 e. The number of hydrogen-bond donors (Lipinski definition) is 0. The van der Waals surface area contributed by atoms with Gasteiger partial charge in [0.1, 0.15) is 16.6 Å². The van der Waals surface area contributed by atoms with E-state index in [2.05, 4.69) is 334 Å². The lowest BCUT2D eigenvalue weighted by molar-refractivity contribution is 0.573. The van der Waals surface area contributed by atoms with Crippen molar-refractivity contribution < 1.29 is 8.83 Å². The number of fused-ring (bicyclic) bond motifs is 22. The summed E-state index contributed by atoms with van der Waals surface area (Å²) in [5.41, 5.74) is 19.4. The van der Waals surface area contributed by atoms with Crippen LogP contribution in [0.2, 0.25) is 0 Å². The number of furan rings is 2. The molecule has 4 aromatic heterocycles. The molecule has 21 rings (SSSR count). The lowest BCUT2D eigenvalue weighted by atomic mass is 9.83. The molecule has 108 heavy (non-hydrogen) atoms. The second-order valence-electron chi connectivity index (χ2n) is 28.9. The van der Waals surface area contributed by atoms with Gasteiger partial charge in [-0.05, 0) is 187 Å². The summed E-state index contributed by atoms with van der Waals surface area (Å²) in [5, 5.41) is 24.5. The molecule has 0 fully saturated rings. The van der Waals surface area contributed by atoms with E-state index in [4.69, 9.17) is 15.4 Å². The van der Waals surface area contributed by atoms with Crippen LogP contribution < -0.4 is 20.4 Å². The van der Waals surface area contributed by atoms with Crippen molar-refractivity contribution in [1.82, 2.24) is 0 Å². The van der Waals surface area contributed by atoms with Crippen LogP contribution in [0.3, 0.4) is 0 Å². The van der Waals surface area contributed by atoms with Gasteiger partial charge in [-0.3, -0.25) is 0 Å². The van der Waals surface area contributed by atoms with Gasteiger partial charge in [0.15, 0.2) is 5.58 Å². The molecule has 0 radical (unpaired) electrons. The Bertz CT molecular complexity index is 7470. The lowest BCUT2D eigenvalue weighted by Crippen LogP contribution is -2.25. The highest BCUT2D eigenvalue weighted by Gasteiger charge is 2.25. The fourth-order valence-corrected chi connectivity index (χ4v) is 20.6. The summed E-state index contributed by atoms with van der Waals surface area (Å²) in [6, 6.07) is 107. The van der Waals surface area contributed by atoms with E-state index in [1.54, 1.807) is 0 Å². The molecule has 0 saturated carbocycles. The lowest BCUT2D eigenvalue weighted by Gasteiger charge is -2.20. The zero-order chi connectivity index (χ0) is 71.5. The average molecular weight is 1420 g/mol. The molecular weight excluding hydrogens is 1350 g/mol. The first-order valence-electron chi connectivity index (χ1n) is 37.6. The Labute approximate surface area is 632 Å². The Morgan fingerprint density at radius 2 is 1.04 bits per heavy atom. The Kier molecular flexibility index (Phi) is 15.4. The molecule has 1 unspecified atom stereocenters. The van der Waals surface area contributed by atoms with E-state index >= 15 is 0 Å². The summed E-state index contributed by atoms with van der Waals surface area (Å²) in [4.78, 5) is 0. The van der Waals surface area contributed by atoms with Crippen molar-refractivity contribution in [2.75, 3.05) is 0 Å². The van der Waals surface area contributed by atoms with E-state index in [-0.39, 0.29) is 5.92 Å². The van der Waals surface area contributed by atoms with Gasteiger partial charge in [0.05, 0.1) is 4.70 Å². The minimum Gasteiger partial charge on any atom is -0.456 e. The molecule has 510 valence electrons. The smallest absolute Gasteiger partial charge is 0.153 e. The summed E-state index contributed by atoms with van der Waals surface area (Å²) in [6.45, 7) is 8.91.